The third-order valence-electron chi connectivity index (χ3n) is 9.39. The molecule has 8 atom stereocenters. The van der Waals surface area contributed by atoms with Crippen molar-refractivity contribution in [3.05, 3.63) is 18.9 Å². The second kappa shape index (κ2) is 8.68. The lowest BCUT2D eigenvalue weighted by Gasteiger charge is -2.61. The molecule has 0 saturated heterocycles. The van der Waals surface area contributed by atoms with Crippen LogP contribution in [0.2, 0.25) is 0 Å². The summed E-state index contributed by atoms with van der Waals surface area (Å²) in [5.41, 5.74) is 4.37. The van der Waals surface area contributed by atoms with Gasteiger partial charge in [-0.25, -0.2) is 4.98 Å². The van der Waals surface area contributed by atoms with Crippen LogP contribution in [0.4, 0.5) is 5.00 Å². The van der Waals surface area contributed by atoms with E-state index in [1.54, 1.807) is 6.20 Å². The molecule has 0 unspecified atom stereocenters. The third-order valence-corrected chi connectivity index (χ3v) is 11.3. The number of rotatable bonds is 5. The minimum absolute atomic E-state index is 0.0358. The fraction of sp³-hybridized carbons (Fsp3) is 0.720. The highest BCUT2D eigenvalue weighted by atomic mass is 32.2. The van der Waals surface area contributed by atoms with Gasteiger partial charge in [-0.3, -0.25) is 9.59 Å². The van der Waals surface area contributed by atoms with Gasteiger partial charge in [0.2, 0.25) is 0 Å². The van der Waals surface area contributed by atoms with Crippen molar-refractivity contribution in [1.82, 2.24) is 4.98 Å². The van der Waals surface area contributed by atoms with E-state index in [0.717, 1.165) is 23.6 Å². The zero-order valence-corrected chi connectivity index (χ0v) is 21.6. The quantitative estimate of drug-likeness (QED) is 0.348. The van der Waals surface area contributed by atoms with Gasteiger partial charge in [-0.05, 0) is 42.9 Å². The number of thioether (sulfide) groups is 1. The van der Waals surface area contributed by atoms with Crippen LogP contribution in [0.25, 0.3) is 0 Å². The van der Waals surface area contributed by atoms with Crippen LogP contribution >= 0.6 is 23.1 Å². The van der Waals surface area contributed by atoms with Crippen molar-refractivity contribution < 1.29 is 19.4 Å². The Bertz CT molecular complexity index is 951. The number of ketones is 1. The average molecular weight is 493 g/mol. The first-order chi connectivity index (χ1) is 15.5. The Labute approximate surface area is 204 Å². The van der Waals surface area contributed by atoms with Crippen LogP contribution in [0.15, 0.2) is 23.2 Å². The van der Waals surface area contributed by atoms with E-state index < -0.39 is 23.0 Å². The molecule has 0 spiro atoms. The number of carbonyl (C=O) groups is 2. The van der Waals surface area contributed by atoms with E-state index in [-0.39, 0.29) is 40.7 Å². The van der Waals surface area contributed by atoms with Crippen LogP contribution < -0.4 is 5.73 Å². The molecule has 0 aromatic carbocycles. The van der Waals surface area contributed by atoms with E-state index >= 15 is 0 Å². The Morgan fingerprint density at radius 3 is 2.79 bits per heavy atom. The number of aromatic nitrogens is 1. The van der Waals surface area contributed by atoms with Gasteiger partial charge in [0, 0.05) is 23.2 Å². The lowest BCUT2D eigenvalue weighted by molar-refractivity contribution is -0.205. The van der Waals surface area contributed by atoms with Gasteiger partial charge < -0.3 is 15.6 Å². The van der Waals surface area contributed by atoms with Crippen molar-refractivity contribution in [2.24, 2.45) is 34.0 Å². The van der Waals surface area contributed by atoms with Crippen LogP contribution in [-0.4, -0.2) is 39.8 Å². The standard InChI is InChI=1S/C25H36N2O4S2/c1-6-23(4)11-17(31-19(29)13-32-22-27-12-18(26)33-22)24(5)14(2)7-9-25(15(3)21(23)30)10-8-16(28)20(24)25/h6,12,14-15,17,20-21,30H,1,7-11,13,26H2,2-5H3/t14-,15+,17-,20+,21+,23-,24+,25+/m1/s1. The van der Waals surface area contributed by atoms with Crippen LogP contribution in [0.3, 0.4) is 0 Å². The maximum atomic E-state index is 13.4. The highest BCUT2D eigenvalue weighted by Crippen LogP contribution is 2.68. The van der Waals surface area contributed by atoms with Gasteiger partial charge in [-0.15, -0.1) is 6.58 Å². The van der Waals surface area contributed by atoms with Gasteiger partial charge in [0.1, 0.15) is 16.9 Å². The first-order valence-electron chi connectivity index (χ1n) is 11.9. The van der Waals surface area contributed by atoms with Gasteiger partial charge in [-0.2, -0.15) is 0 Å². The van der Waals surface area contributed by atoms with E-state index in [9.17, 15) is 14.7 Å². The van der Waals surface area contributed by atoms with Crippen molar-refractivity contribution >= 4 is 39.9 Å². The summed E-state index contributed by atoms with van der Waals surface area (Å²) in [6.45, 7) is 12.5. The van der Waals surface area contributed by atoms with Crippen molar-refractivity contribution in [2.75, 3.05) is 11.5 Å². The SMILES string of the molecule is C=C[C@]1(C)C[C@@H](OC(=O)CSc2ncc(N)s2)[C@]2(C)[C@H](C)CC[C@]3(CCC(=O)[C@H]32)[C@@H](C)[C@@H]1O. The molecule has 3 fully saturated rings. The highest BCUT2D eigenvalue weighted by molar-refractivity contribution is 8.01. The number of aliphatic hydroxyl groups excluding tert-OH is 1. The van der Waals surface area contributed by atoms with E-state index in [1.165, 1.54) is 23.1 Å². The summed E-state index contributed by atoms with van der Waals surface area (Å²) in [5, 5.41) is 12.2. The fourth-order valence-electron chi connectivity index (χ4n) is 7.15. The summed E-state index contributed by atoms with van der Waals surface area (Å²) in [5.74, 6) is 0.0329. The molecule has 3 N–H and O–H groups in total. The Morgan fingerprint density at radius 1 is 1.42 bits per heavy atom. The maximum Gasteiger partial charge on any atom is 0.316 e. The molecule has 2 bridgehead atoms. The number of thiazole rings is 1. The summed E-state index contributed by atoms with van der Waals surface area (Å²) in [4.78, 5) is 30.6. The van der Waals surface area contributed by atoms with Gasteiger partial charge >= 0.3 is 5.97 Å². The lowest BCUT2D eigenvalue weighted by Crippen LogP contribution is -2.63. The number of nitrogens with zero attached hydrogens (tertiary/aromatic N) is 1. The number of Topliss-reactive ketones (excluding diaryl/α,β-unsaturated/α-hetero) is 1. The molecule has 4 rings (SSSR count). The van der Waals surface area contributed by atoms with E-state index in [4.69, 9.17) is 10.5 Å². The van der Waals surface area contributed by atoms with Crippen molar-refractivity contribution in [3.8, 4) is 0 Å². The summed E-state index contributed by atoms with van der Waals surface area (Å²) in [7, 11) is 0. The predicted octanol–water partition coefficient (Wildman–Crippen LogP) is 4.72. The molecule has 0 aliphatic heterocycles. The number of carbonyl (C=O) groups excluding carboxylic acids is 2. The van der Waals surface area contributed by atoms with E-state index in [2.05, 4.69) is 32.3 Å². The van der Waals surface area contributed by atoms with Crippen LogP contribution in [0.5, 0.6) is 0 Å². The molecular formula is C25H36N2O4S2. The first-order valence-corrected chi connectivity index (χ1v) is 13.7. The van der Waals surface area contributed by atoms with E-state index in [0.29, 0.717) is 17.8 Å². The zero-order chi connectivity index (χ0) is 24.2. The minimum Gasteiger partial charge on any atom is -0.461 e. The minimum atomic E-state index is -0.657. The number of hydrogen-bond acceptors (Lipinski definition) is 8. The van der Waals surface area contributed by atoms with Crippen LogP contribution in [0.1, 0.15) is 59.8 Å². The molecule has 0 amide bonds. The average Bonchev–Trinajstić information content (AvgIpc) is 3.36. The molecule has 3 saturated carbocycles. The molecular weight excluding hydrogens is 456 g/mol. The number of nitrogen functional groups attached to an aromatic ring is 1. The Morgan fingerprint density at radius 2 is 2.15 bits per heavy atom. The van der Waals surface area contributed by atoms with E-state index in [1.807, 2.05) is 13.0 Å². The normalized spacial score (nSPS) is 42.8. The number of esters is 1. The molecule has 1 aromatic heterocycles. The highest BCUT2D eigenvalue weighted by Gasteiger charge is 2.68. The maximum absolute atomic E-state index is 13.4. The van der Waals surface area contributed by atoms with Crippen LogP contribution in [0, 0.1) is 34.0 Å². The number of hydrogen-bond donors (Lipinski definition) is 2. The van der Waals surface area contributed by atoms with Gasteiger partial charge in [0.05, 0.1) is 18.1 Å². The van der Waals surface area contributed by atoms with Crippen molar-refractivity contribution in [2.45, 2.75) is 76.3 Å². The lowest BCUT2D eigenvalue weighted by atomic mass is 9.44. The first kappa shape index (κ1) is 24.7. The molecule has 0 radical (unpaired) electrons. The summed E-state index contributed by atoms with van der Waals surface area (Å²) in [6.07, 6.45) is 5.93. The number of nitrogens with two attached hydrogens (primary N) is 1. The Kier molecular flexibility index (Phi) is 6.51. The summed E-state index contributed by atoms with van der Waals surface area (Å²) < 4.78 is 6.95. The molecule has 33 heavy (non-hydrogen) atoms. The molecule has 3 aliphatic carbocycles. The molecule has 6 nitrogen and oxygen atoms in total. The number of anilines is 1. The summed E-state index contributed by atoms with van der Waals surface area (Å²) in [6, 6.07) is 0. The summed E-state index contributed by atoms with van der Waals surface area (Å²) >= 11 is 2.65. The molecule has 1 heterocycles. The van der Waals surface area contributed by atoms with Gasteiger partial charge in [-0.1, -0.05) is 56.9 Å². The largest absolute Gasteiger partial charge is 0.461 e. The zero-order valence-electron chi connectivity index (χ0n) is 20.0. The Hall–Kier alpha value is -1.38. The second-order valence-corrected chi connectivity index (χ2v) is 13.2. The van der Waals surface area contributed by atoms with Gasteiger partial charge in [0.25, 0.3) is 0 Å². The van der Waals surface area contributed by atoms with Gasteiger partial charge in [0.15, 0.2) is 4.34 Å². The van der Waals surface area contributed by atoms with Crippen molar-refractivity contribution in [3.63, 3.8) is 0 Å². The Balaban J connectivity index is 1.70. The molecule has 1 aromatic rings. The number of aliphatic hydroxyl groups is 1. The van der Waals surface area contributed by atoms with Crippen LogP contribution in [-0.2, 0) is 14.3 Å². The topological polar surface area (TPSA) is 103 Å². The third kappa shape index (κ3) is 3.86. The molecule has 3 aliphatic rings. The smallest absolute Gasteiger partial charge is 0.316 e. The molecule has 8 heteroatoms. The predicted molar refractivity (Wildman–Crippen MR) is 132 cm³/mol. The van der Waals surface area contributed by atoms with Crippen molar-refractivity contribution in [1.29, 1.82) is 0 Å². The monoisotopic (exact) mass is 492 g/mol. The second-order valence-electron chi connectivity index (χ2n) is 10.9. The fourth-order valence-corrected chi connectivity index (χ4v) is 8.70. The number of ether oxygens (including phenoxy) is 1. The molecule has 182 valence electrons.